The Bertz CT molecular complexity index is 373. The van der Waals surface area contributed by atoms with Crippen LogP contribution in [0.1, 0.15) is 25.6 Å². The zero-order valence-corrected chi connectivity index (χ0v) is 10.6. The van der Waals surface area contributed by atoms with Crippen molar-refractivity contribution >= 4 is 0 Å². The van der Waals surface area contributed by atoms with Gasteiger partial charge in [-0.3, -0.25) is 4.90 Å². The molecule has 0 aromatic carbocycles. The Morgan fingerprint density at radius 3 is 3.12 bits per heavy atom. The fourth-order valence-electron chi connectivity index (χ4n) is 3.08. The largest absolute Gasteiger partial charge is 0.333 e. The molecular weight excluding hydrogens is 212 g/mol. The summed E-state index contributed by atoms with van der Waals surface area (Å²) in [5, 5.41) is 3.49. The summed E-state index contributed by atoms with van der Waals surface area (Å²) in [7, 11) is 0. The molecule has 1 aliphatic carbocycles. The average molecular weight is 234 g/mol. The quantitative estimate of drug-likeness (QED) is 0.846. The highest BCUT2D eigenvalue weighted by atomic mass is 15.3. The third kappa shape index (κ3) is 2.11. The maximum Gasteiger partial charge on any atom is 0.122 e. The molecule has 1 fully saturated rings. The Morgan fingerprint density at radius 2 is 2.35 bits per heavy atom. The number of aromatic nitrogens is 2. The van der Waals surface area contributed by atoms with Crippen LogP contribution in [0.5, 0.6) is 0 Å². The second-order valence-electron chi connectivity index (χ2n) is 5.22. The number of hydrogen-bond acceptors (Lipinski definition) is 3. The SMILES string of the molecule is CCNCC1CCC1N1CCn2ccnc2C1. The molecule has 17 heavy (non-hydrogen) atoms. The summed E-state index contributed by atoms with van der Waals surface area (Å²) in [4.78, 5) is 7.07. The molecule has 1 N–H and O–H groups in total. The third-order valence-electron chi connectivity index (χ3n) is 4.28. The molecule has 4 nitrogen and oxygen atoms in total. The first-order valence-corrected chi connectivity index (χ1v) is 6.83. The first-order chi connectivity index (χ1) is 8.38. The molecule has 0 saturated heterocycles. The van der Waals surface area contributed by atoms with E-state index in [0.717, 1.165) is 31.6 Å². The van der Waals surface area contributed by atoms with E-state index in [2.05, 4.69) is 32.9 Å². The lowest BCUT2D eigenvalue weighted by atomic mass is 9.78. The van der Waals surface area contributed by atoms with Crippen LogP contribution in [0.3, 0.4) is 0 Å². The van der Waals surface area contributed by atoms with Gasteiger partial charge in [-0.15, -0.1) is 0 Å². The van der Waals surface area contributed by atoms with E-state index in [9.17, 15) is 0 Å². The van der Waals surface area contributed by atoms with Gasteiger partial charge in [0.1, 0.15) is 5.82 Å². The molecule has 1 saturated carbocycles. The molecule has 0 spiro atoms. The minimum absolute atomic E-state index is 0.791. The summed E-state index contributed by atoms with van der Waals surface area (Å²) in [6.45, 7) is 7.81. The summed E-state index contributed by atoms with van der Waals surface area (Å²) in [5.74, 6) is 2.10. The molecule has 2 atom stereocenters. The summed E-state index contributed by atoms with van der Waals surface area (Å²) < 4.78 is 2.29. The van der Waals surface area contributed by atoms with Crippen molar-refractivity contribution in [2.75, 3.05) is 19.6 Å². The maximum atomic E-state index is 4.44. The molecule has 1 aliphatic heterocycles. The van der Waals surface area contributed by atoms with Crippen LogP contribution in [-0.2, 0) is 13.1 Å². The van der Waals surface area contributed by atoms with Crippen molar-refractivity contribution in [3.8, 4) is 0 Å². The Labute approximate surface area is 103 Å². The number of hydrogen-bond donors (Lipinski definition) is 1. The molecule has 94 valence electrons. The molecule has 2 aliphatic rings. The maximum absolute atomic E-state index is 4.44. The lowest BCUT2D eigenvalue weighted by molar-refractivity contribution is 0.0399. The molecular formula is C13H22N4. The number of nitrogens with one attached hydrogen (secondary N) is 1. The molecule has 2 heterocycles. The highest BCUT2D eigenvalue weighted by Gasteiger charge is 2.36. The van der Waals surface area contributed by atoms with Crippen molar-refractivity contribution in [1.82, 2.24) is 19.8 Å². The van der Waals surface area contributed by atoms with Crippen LogP contribution in [0.2, 0.25) is 0 Å². The summed E-state index contributed by atoms with van der Waals surface area (Å²) in [6, 6.07) is 0.791. The second kappa shape index (κ2) is 4.78. The van der Waals surface area contributed by atoms with Crippen molar-refractivity contribution < 1.29 is 0 Å². The van der Waals surface area contributed by atoms with E-state index in [-0.39, 0.29) is 0 Å². The topological polar surface area (TPSA) is 33.1 Å². The van der Waals surface area contributed by atoms with Gasteiger partial charge in [0.2, 0.25) is 0 Å². The Balaban J connectivity index is 1.59. The standard InChI is InChI=1S/C13H22N4/c1-2-14-9-11-3-4-12(11)17-8-7-16-6-5-15-13(16)10-17/h5-6,11-12,14H,2-4,7-10H2,1H3. The average Bonchev–Trinajstić information content (AvgIpc) is 2.75. The molecule has 0 bridgehead atoms. The van der Waals surface area contributed by atoms with Crippen molar-refractivity contribution in [3.05, 3.63) is 18.2 Å². The minimum atomic E-state index is 0.791. The predicted molar refractivity (Wildman–Crippen MR) is 67.7 cm³/mol. The fraction of sp³-hybridized carbons (Fsp3) is 0.769. The van der Waals surface area contributed by atoms with E-state index < -0.39 is 0 Å². The summed E-state index contributed by atoms with van der Waals surface area (Å²) in [5.41, 5.74) is 0. The Kier molecular flexibility index (Phi) is 3.16. The highest BCUT2D eigenvalue weighted by Crippen LogP contribution is 2.33. The van der Waals surface area contributed by atoms with Crippen molar-refractivity contribution in [2.24, 2.45) is 5.92 Å². The molecule has 1 aromatic rings. The first kappa shape index (κ1) is 11.2. The van der Waals surface area contributed by atoms with Gasteiger partial charge in [0.25, 0.3) is 0 Å². The number of imidazole rings is 1. The van der Waals surface area contributed by atoms with E-state index in [1.165, 1.54) is 31.8 Å². The summed E-state index contributed by atoms with van der Waals surface area (Å²) >= 11 is 0. The Hall–Kier alpha value is -0.870. The van der Waals surface area contributed by atoms with E-state index in [0.29, 0.717) is 0 Å². The summed E-state index contributed by atoms with van der Waals surface area (Å²) in [6.07, 6.45) is 6.79. The van der Waals surface area contributed by atoms with Crippen LogP contribution in [0.15, 0.2) is 12.4 Å². The first-order valence-electron chi connectivity index (χ1n) is 6.83. The molecule has 3 rings (SSSR count). The molecule has 4 heteroatoms. The number of fused-ring (bicyclic) bond motifs is 1. The van der Waals surface area contributed by atoms with Crippen LogP contribution in [0, 0.1) is 5.92 Å². The van der Waals surface area contributed by atoms with Gasteiger partial charge in [-0.2, -0.15) is 0 Å². The van der Waals surface area contributed by atoms with Gasteiger partial charge in [-0.25, -0.2) is 4.98 Å². The Morgan fingerprint density at radius 1 is 1.41 bits per heavy atom. The van der Waals surface area contributed by atoms with Gasteiger partial charge in [-0.1, -0.05) is 6.92 Å². The van der Waals surface area contributed by atoms with Crippen LogP contribution in [0.4, 0.5) is 0 Å². The minimum Gasteiger partial charge on any atom is -0.333 e. The van der Waals surface area contributed by atoms with Crippen LogP contribution < -0.4 is 5.32 Å². The van der Waals surface area contributed by atoms with Gasteiger partial charge in [0.15, 0.2) is 0 Å². The normalized spacial score (nSPS) is 28.8. The van der Waals surface area contributed by atoms with Crippen LogP contribution in [0.25, 0.3) is 0 Å². The molecule has 1 aromatic heterocycles. The molecule has 0 radical (unpaired) electrons. The van der Waals surface area contributed by atoms with Crippen molar-refractivity contribution in [2.45, 2.75) is 38.9 Å². The lowest BCUT2D eigenvalue weighted by Gasteiger charge is -2.46. The van der Waals surface area contributed by atoms with Gasteiger partial charge in [0.05, 0.1) is 6.54 Å². The second-order valence-corrected chi connectivity index (χ2v) is 5.22. The van der Waals surface area contributed by atoms with Crippen molar-refractivity contribution in [1.29, 1.82) is 0 Å². The third-order valence-corrected chi connectivity index (χ3v) is 4.28. The zero-order chi connectivity index (χ0) is 11.7. The number of rotatable bonds is 4. The van der Waals surface area contributed by atoms with E-state index in [4.69, 9.17) is 0 Å². The lowest BCUT2D eigenvalue weighted by Crippen LogP contribution is -2.52. The van der Waals surface area contributed by atoms with Crippen LogP contribution >= 0.6 is 0 Å². The van der Waals surface area contributed by atoms with E-state index in [1.807, 2.05) is 6.20 Å². The fourth-order valence-corrected chi connectivity index (χ4v) is 3.08. The monoisotopic (exact) mass is 234 g/mol. The van der Waals surface area contributed by atoms with Gasteiger partial charge in [0, 0.05) is 31.5 Å². The van der Waals surface area contributed by atoms with Crippen LogP contribution in [-0.4, -0.2) is 40.1 Å². The predicted octanol–water partition coefficient (Wildman–Crippen LogP) is 1.09. The van der Waals surface area contributed by atoms with E-state index >= 15 is 0 Å². The van der Waals surface area contributed by atoms with Gasteiger partial charge < -0.3 is 9.88 Å². The van der Waals surface area contributed by atoms with Crippen molar-refractivity contribution in [3.63, 3.8) is 0 Å². The smallest absolute Gasteiger partial charge is 0.122 e. The molecule has 2 unspecified atom stereocenters. The molecule has 0 amide bonds. The van der Waals surface area contributed by atoms with Gasteiger partial charge in [-0.05, 0) is 31.8 Å². The zero-order valence-electron chi connectivity index (χ0n) is 10.6. The highest BCUT2D eigenvalue weighted by molar-refractivity contribution is 4.99. The number of nitrogens with zero attached hydrogens (tertiary/aromatic N) is 3. The van der Waals surface area contributed by atoms with E-state index in [1.54, 1.807) is 0 Å². The van der Waals surface area contributed by atoms with Gasteiger partial charge >= 0.3 is 0 Å².